The van der Waals surface area contributed by atoms with Gasteiger partial charge in [-0.3, -0.25) is 14.9 Å². The minimum absolute atomic E-state index is 0.0618. The number of benzene rings is 3. The molecule has 220 valence electrons. The molecule has 3 aromatic rings. The second-order valence-corrected chi connectivity index (χ2v) is 13.7. The van der Waals surface area contributed by atoms with Crippen molar-refractivity contribution >= 4 is 27.3 Å². The molecule has 3 aromatic carbocycles. The third-order valence-electron chi connectivity index (χ3n) is 9.14. The van der Waals surface area contributed by atoms with Gasteiger partial charge in [0.2, 0.25) is 0 Å². The van der Waals surface area contributed by atoms with Gasteiger partial charge in [-0.25, -0.2) is 17.5 Å². The van der Waals surface area contributed by atoms with Crippen molar-refractivity contribution in [3.8, 4) is 16.9 Å². The average Bonchev–Trinajstić information content (AvgIpc) is 2.95. The van der Waals surface area contributed by atoms with Crippen molar-refractivity contribution in [2.75, 3.05) is 19.0 Å². The number of carbonyl (C=O) groups is 1. The maximum atomic E-state index is 13.6. The lowest BCUT2D eigenvalue weighted by atomic mass is 9.49. The third kappa shape index (κ3) is 5.45. The van der Waals surface area contributed by atoms with Crippen LogP contribution in [0.1, 0.15) is 48.9 Å². The predicted octanol–water partition coefficient (Wildman–Crippen LogP) is 6.16. The SMILES string of the molecule is COc1cc(F)ccc1-c1ccc(C(=O)NS(=O)(=O)c2ccc(NCC34CC5CC(CC(C5)C3)C4)c([N+](=O)[O-])c2)cc1. The van der Waals surface area contributed by atoms with Crippen molar-refractivity contribution in [2.45, 2.75) is 43.4 Å². The summed E-state index contributed by atoms with van der Waals surface area (Å²) in [5.74, 6) is 1.19. The summed E-state index contributed by atoms with van der Waals surface area (Å²) in [5.41, 5.74) is 1.35. The van der Waals surface area contributed by atoms with Gasteiger partial charge >= 0.3 is 0 Å². The summed E-state index contributed by atoms with van der Waals surface area (Å²) in [5, 5.41) is 15.2. The number of sulfonamides is 1. The molecule has 1 amide bonds. The van der Waals surface area contributed by atoms with E-state index in [4.69, 9.17) is 4.74 Å². The zero-order chi connectivity index (χ0) is 29.6. The number of nitrogens with one attached hydrogen (secondary N) is 2. The molecule has 0 aromatic heterocycles. The van der Waals surface area contributed by atoms with Gasteiger partial charge in [-0.15, -0.1) is 0 Å². The van der Waals surface area contributed by atoms with Gasteiger partial charge in [0, 0.05) is 29.8 Å². The van der Waals surface area contributed by atoms with Crippen LogP contribution in [0.15, 0.2) is 65.6 Å². The standard InChI is InChI=1S/C31H32FN3O6S/c1-41-29-13-24(32)6-8-26(29)22-2-4-23(5-3-22)30(36)34-42(39,40)25-7-9-27(28(14-25)35(37)38)33-18-31-15-19-10-20(16-31)12-21(11-19)17-31/h2-9,13-14,19-21,33H,10-12,15-18H2,1H3,(H,34,36). The Labute approximate surface area is 243 Å². The number of methoxy groups -OCH3 is 1. The minimum Gasteiger partial charge on any atom is -0.496 e. The number of anilines is 1. The third-order valence-corrected chi connectivity index (χ3v) is 10.5. The van der Waals surface area contributed by atoms with Crippen LogP contribution in [0.25, 0.3) is 11.1 Å². The summed E-state index contributed by atoms with van der Waals surface area (Å²) < 4.78 is 46.9. The Balaban J connectivity index is 1.16. The summed E-state index contributed by atoms with van der Waals surface area (Å²) in [7, 11) is -2.99. The molecule has 0 saturated heterocycles. The van der Waals surface area contributed by atoms with E-state index in [0.29, 0.717) is 23.4 Å². The molecule has 7 rings (SSSR count). The smallest absolute Gasteiger partial charge is 0.293 e. The number of amides is 1. The monoisotopic (exact) mass is 593 g/mol. The van der Waals surface area contributed by atoms with Crippen LogP contribution >= 0.6 is 0 Å². The first kappa shape index (κ1) is 28.1. The molecular formula is C31H32FN3O6S. The van der Waals surface area contributed by atoms with Crippen LogP contribution in [0, 0.1) is 39.1 Å². The maximum absolute atomic E-state index is 13.6. The molecule has 9 nitrogen and oxygen atoms in total. The largest absolute Gasteiger partial charge is 0.496 e. The summed E-state index contributed by atoms with van der Waals surface area (Å²) in [6.07, 6.45) is 7.30. The van der Waals surface area contributed by atoms with Crippen molar-refractivity contribution in [3.63, 3.8) is 0 Å². The fourth-order valence-corrected chi connectivity index (χ4v) is 8.71. The molecule has 4 aliphatic rings. The maximum Gasteiger partial charge on any atom is 0.293 e. The van der Waals surface area contributed by atoms with Gasteiger partial charge in [-0.1, -0.05) is 12.1 Å². The first-order chi connectivity index (χ1) is 20.0. The predicted molar refractivity (Wildman–Crippen MR) is 155 cm³/mol. The van der Waals surface area contributed by atoms with E-state index in [1.54, 1.807) is 18.2 Å². The number of nitrogens with zero attached hydrogens (tertiary/aromatic N) is 1. The number of rotatable bonds is 9. The molecular weight excluding hydrogens is 561 g/mol. The molecule has 0 aliphatic heterocycles. The molecule has 0 atom stereocenters. The molecule has 11 heteroatoms. The fourth-order valence-electron chi connectivity index (χ4n) is 7.71. The quantitative estimate of drug-likeness (QED) is 0.225. The Bertz CT molecular complexity index is 1620. The van der Waals surface area contributed by atoms with E-state index in [1.165, 1.54) is 62.8 Å². The number of hydrogen-bond acceptors (Lipinski definition) is 7. The number of halogens is 1. The molecule has 0 heterocycles. The molecule has 2 N–H and O–H groups in total. The van der Waals surface area contributed by atoms with Gasteiger partial charge in [-0.05, 0) is 104 Å². The van der Waals surface area contributed by atoms with Gasteiger partial charge < -0.3 is 10.1 Å². The topological polar surface area (TPSA) is 128 Å². The highest BCUT2D eigenvalue weighted by atomic mass is 32.2. The van der Waals surface area contributed by atoms with Crippen LogP contribution in [0.2, 0.25) is 0 Å². The Kier molecular flexibility index (Phi) is 7.16. The van der Waals surface area contributed by atoms with E-state index in [0.717, 1.165) is 43.1 Å². The fraction of sp³-hybridized carbons (Fsp3) is 0.387. The van der Waals surface area contributed by atoms with Gasteiger partial charge in [0.1, 0.15) is 17.3 Å². The highest BCUT2D eigenvalue weighted by Gasteiger charge is 2.50. The van der Waals surface area contributed by atoms with Crippen LogP contribution < -0.4 is 14.8 Å². The Morgan fingerprint density at radius 3 is 2.24 bits per heavy atom. The van der Waals surface area contributed by atoms with Crippen LogP contribution in [-0.4, -0.2) is 32.9 Å². The van der Waals surface area contributed by atoms with E-state index >= 15 is 0 Å². The van der Waals surface area contributed by atoms with E-state index in [-0.39, 0.29) is 27.2 Å². The molecule has 4 bridgehead atoms. The van der Waals surface area contributed by atoms with Gasteiger partial charge in [-0.2, -0.15) is 0 Å². The average molecular weight is 594 g/mol. The van der Waals surface area contributed by atoms with E-state index in [9.17, 15) is 27.7 Å². The zero-order valence-electron chi connectivity index (χ0n) is 23.1. The number of hydrogen-bond donors (Lipinski definition) is 2. The number of nitro benzene ring substituents is 1. The normalized spacial score (nSPS) is 24.3. The molecule has 0 unspecified atom stereocenters. The number of ether oxygens (including phenoxy) is 1. The van der Waals surface area contributed by atoms with Crippen molar-refractivity contribution < 1.29 is 27.3 Å². The van der Waals surface area contributed by atoms with Crippen molar-refractivity contribution in [1.29, 1.82) is 0 Å². The summed E-state index contributed by atoms with van der Waals surface area (Å²) in [6.45, 7) is 0.625. The second kappa shape index (κ2) is 10.7. The van der Waals surface area contributed by atoms with Gasteiger partial charge in [0.25, 0.3) is 21.6 Å². The first-order valence-corrected chi connectivity index (χ1v) is 15.6. The highest BCUT2D eigenvalue weighted by Crippen LogP contribution is 2.60. The molecule has 4 fully saturated rings. The lowest BCUT2D eigenvalue weighted by Gasteiger charge is -2.57. The second-order valence-electron chi connectivity index (χ2n) is 12.1. The molecule has 0 radical (unpaired) electrons. The molecule has 4 saturated carbocycles. The van der Waals surface area contributed by atoms with E-state index < -0.39 is 26.7 Å². The lowest BCUT2D eigenvalue weighted by molar-refractivity contribution is -0.384. The summed E-state index contributed by atoms with van der Waals surface area (Å²) in [6, 6.07) is 13.8. The molecule has 42 heavy (non-hydrogen) atoms. The Hall–Kier alpha value is -3.99. The van der Waals surface area contributed by atoms with Crippen LogP contribution in [0.4, 0.5) is 15.8 Å². The lowest BCUT2D eigenvalue weighted by Crippen LogP contribution is -2.49. The minimum atomic E-state index is -4.40. The van der Waals surface area contributed by atoms with Crippen LogP contribution in [0.5, 0.6) is 5.75 Å². The molecule has 0 spiro atoms. The zero-order valence-corrected chi connectivity index (χ0v) is 24.0. The van der Waals surface area contributed by atoms with E-state index in [1.807, 2.05) is 4.72 Å². The van der Waals surface area contributed by atoms with Gasteiger partial charge in [0.05, 0.1) is 16.9 Å². The van der Waals surface area contributed by atoms with Crippen molar-refractivity contribution in [2.24, 2.45) is 23.2 Å². The Morgan fingerprint density at radius 2 is 1.64 bits per heavy atom. The van der Waals surface area contributed by atoms with Crippen LogP contribution in [0.3, 0.4) is 0 Å². The molecule has 4 aliphatic carbocycles. The van der Waals surface area contributed by atoms with Gasteiger partial charge in [0.15, 0.2) is 0 Å². The summed E-state index contributed by atoms with van der Waals surface area (Å²) in [4.78, 5) is 23.8. The first-order valence-electron chi connectivity index (χ1n) is 14.1. The van der Waals surface area contributed by atoms with Crippen molar-refractivity contribution in [3.05, 3.63) is 82.2 Å². The number of carbonyl (C=O) groups excluding carboxylic acids is 1. The Morgan fingerprint density at radius 1 is 1.00 bits per heavy atom. The summed E-state index contributed by atoms with van der Waals surface area (Å²) >= 11 is 0. The number of nitro groups is 1. The van der Waals surface area contributed by atoms with Crippen LogP contribution in [-0.2, 0) is 10.0 Å². The van der Waals surface area contributed by atoms with Crippen molar-refractivity contribution in [1.82, 2.24) is 4.72 Å². The van der Waals surface area contributed by atoms with E-state index in [2.05, 4.69) is 5.32 Å². The highest BCUT2D eigenvalue weighted by molar-refractivity contribution is 7.90.